The second kappa shape index (κ2) is 5.16. The van der Waals surface area contributed by atoms with Crippen LogP contribution in [0.15, 0.2) is 0 Å². The van der Waals surface area contributed by atoms with Crippen molar-refractivity contribution in [3.05, 3.63) is 0 Å². The van der Waals surface area contributed by atoms with E-state index in [1.807, 2.05) is 0 Å². The smallest absolute Gasteiger partial charge is 0.0656 e. The van der Waals surface area contributed by atoms with Gasteiger partial charge in [-0.15, -0.1) is 0 Å². The molecule has 16 heavy (non-hydrogen) atoms. The van der Waals surface area contributed by atoms with Crippen LogP contribution in [0, 0.1) is 23.2 Å². The lowest BCUT2D eigenvalue weighted by atomic mass is 9.84. The SMILES string of the molecule is CC1CN(C2CCCC(C#N)C2)CCC1O. The van der Waals surface area contributed by atoms with Crippen LogP contribution < -0.4 is 0 Å². The molecule has 4 unspecified atom stereocenters. The number of rotatable bonds is 1. The zero-order valence-corrected chi connectivity index (χ0v) is 10.1. The molecule has 90 valence electrons. The van der Waals surface area contributed by atoms with Crippen LogP contribution in [0.3, 0.4) is 0 Å². The number of aliphatic hydroxyl groups is 1. The van der Waals surface area contributed by atoms with Crippen LogP contribution >= 0.6 is 0 Å². The molecule has 0 amide bonds. The average molecular weight is 222 g/mol. The molecule has 0 bridgehead atoms. The second-order valence-corrected chi connectivity index (χ2v) is 5.47. The summed E-state index contributed by atoms with van der Waals surface area (Å²) in [6.07, 6.45) is 5.33. The third kappa shape index (κ3) is 2.56. The molecule has 4 atom stereocenters. The highest BCUT2D eigenvalue weighted by molar-refractivity contribution is 4.92. The van der Waals surface area contributed by atoms with Crippen LogP contribution in [0.1, 0.15) is 39.0 Å². The summed E-state index contributed by atoms with van der Waals surface area (Å²) in [6, 6.07) is 3.01. The Bertz CT molecular complexity index is 274. The maximum Gasteiger partial charge on any atom is 0.0656 e. The minimum absolute atomic E-state index is 0.119. The first-order valence-electron chi connectivity index (χ1n) is 6.52. The Morgan fingerprint density at radius 2 is 2.12 bits per heavy atom. The lowest BCUT2D eigenvalue weighted by Crippen LogP contribution is -2.48. The van der Waals surface area contributed by atoms with Crippen LogP contribution in [0.5, 0.6) is 0 Å². The Morgan fingerprint density at radius 3 is 2.81 bits per heavy atom. The van der Waals surface area contributed by atoms with Crippen molar-refractivity contribution in [2.75, 3.05) is 13.1 Å². The van der Waals surface area contributed by atoms with Crippen molar-refractivity contribution in [1.29, 1.82) is 5.26 Å². The van der Waals surface area contributed by atoms with Gasteiger partial charge >= 0.3 is 0 Å². The van der Waals surface area contributed by atoms with E-state index >= 15 is 0 Å². The Kier molecular flexibility index (Phi) is 3.83. The van der Waals surface area contributed by atoms with Gasteiger partial charge in [-0.3, -0.25) is 4.90 Å². The number of hydrogen-bond acceptors (Lipinski definition) is 3. The molecule has 3 nitrogen and oxygen atoms in total. The van der Waals surface area contributed by atoms with Gasteiger partial charge in [0.05, 0.1) is 12.2 Å². The maximum atomic E-state index is 9.71. The van der Waals surface area contributed by atoms with Gasteiger partial charge in [0.15, 0.2) is 0 Å². The first-order chi connectivity index (χ1) is 7.70. The summed E-state index contributed by atoms with van der Waals surface area (Å²) in [5.41, 5.74) is 0. The van der Waals surface area contributed by atoms with Crippen molar-refractivity contribution in [2.45, 2.75) is 51.2 Å². The minimum Gasteiger partial charge on any atom is -0.393 e. The van der Waals surface area contributed by atoms with E-state index in [0.717, 1.165) is 32.4 Å². The van der Waals surface area contributed by atoms with Crippen molar-refractivity contribution in [2.24, 2.45) is 11.8 Å². The summed E-state index contributed by atoms with van der Waals surface area (Å²) in [6.45, 7) is 4.14. The number of likely N-dealkylation sites (tertiary alicyclic amines) is 1. The lowest BCUT2D eigenvalue weighted by molar-refractivity contribution is 0.00721. The van der Waals surface area contributed by atoms with Gasteiger partial charge in [-0.25, -0.2) is 0 Å². The first-order valence-corrected chi connectivity index (χ1v) is 6.52. The van der Waals surface area contributed by atoms with E-state index in [9.17, 15) is 5.11 Å². The highest BCUT2D eigenvalue weighted by Crippen LogP contribution is 2.30. The maximum absolute atomic E-state index is 9.71. The molecule has 0 aromatic heterocycles. The molecule has 2 rings (SSSR count). The largest absolute Gasteiger partial charge is 0.393 e. The molecule has 0 aromatic rings. The summed E-state index contributed by atoms with van der Waals surface area (Å²) >= 11 is 0. The number of nitrogens with zero attached hydrogens (tertiary/aromatic N) is 2. The molecule has 2 aliphatic rings. The zero-order valence-electron chi connectivity index (χ0n) is 10.1. The summed E-state index contributed by atoms with van der Waals surface area (Å²) in [7, 11) is 0. The van der Waals surface area contributed by atoms with E-state index in [0.29, 0.717) is 12.0 Å². The van der Waals surface area contributed by atoms with Gasteiger partial charge in [0.2, 0.25) is 0 Å². The number of nitriles is 1. The van der Waals surface area contributed by atoms with Crippen LogP contribution in [0.2, 0.25) is 0 Å². The average Bonchev–Trinajstić information content (AvgIpc) is 2.33. The highest BCUT2D eigenvalue weighted by atomic mass is 16.3. The summed E-state index contributed by atoms with van der Waals surface area (Å²) in [5.74, 6) is 0.650. The summed E-state index contributed by atoms with van der Waals surface area (Å²) in [5, 5.41) is 18.7. The lowest BCUT2D eigenvalue weighted by Gasteiger charge is -2.41. The molecule has 2 fully saturated rings. The van der Waals surface area contributed by atoms with Crippen LogP contribution in [0.4, 0.5) is 0 Å². The Hall–Kier alpha value is -0.590. The van der Waals surface area contributed by atoms with Gasteiger partial charge in [-0.1, -0.05) is 13.3 Å². The van der Waals surface area contributed by atoms with E-state index in [2.05, 4.69) is 17.9 Å². The van der Waals surface area contributed by atoms with E-state index in [1.54, 1.807) is 0 Å². The predicted octanol–water partition coefficient (Wildman–Crippen LogP) is 1.77. The number of aliphatic hydroxyl groups excluding tert-OH is 1. The van der Waals surface area contributed by atoms with E-state index in [4.69, 9.17) is 5.26 Å². The Morgan fingerprint density at radius 1 is 1.31 bits per heavy atom. The van der Waals surface area contributed by atoms with E-state index in [1.165, 1.54) is 12.8 Å². The fourth-order valence-corrected chi connectivity index (χ4v) is 3.11. The second-order valence-electron chi connectivity index (χ2n) is 5.47. The molecule has 0 aromatic carbocycles. The fraction of sp³-hybridized carbons (Fsp3) is 0.923. The topological polar surface area (TPSA) is 47.3 Å². The predicted molar refractivity (Wildman–Crippen MR) is 62.7 cm³/mol. The monoisotopic (exact) mass is 222 g/mol. The van der Waals surface area contributed by atoms with Crippen molar-refractivity contribution in [3.8, 4) is 6.07 Å². The number of piperidine rings is 1. The van der Waals surface area contributed by atoms with Gasteiger partial charge in [-0.05, 0) is 31.6 Å². The molecule has 1 aliphatic carbocycles. The Labute approximate surface area is 98.1 Å². The van der Waals surface area contributed by atoms with Crippen LogP contribution in [0.25, 0.3) is 0 Å². The molecular weight excluding hydrogens is 200 g/mol. The van der Waals surface area contributed by atoms with E-state index in [-0.39, 0.29) is 12.0 Å². The third-order valence-electron chi connectivity index (χ3n) is 4.24. The van der Waals surface area contributed by atoms with Gasteiger partial charge in [0.25, 0.3) is 0 Å². The van der Waals surface area contributed by atoms with Gasteiger partial charge in [0.1, 0.15) is 0 Å². The molecule has 1 aliphatic heterocycles. The quantitative estimate of drug-likeness (QED) is 0.735. The van der Waals surface area contributed by atoms with Crippen molar-refractivity contribution in [3.63, 3.8) is 0 Å². The van der Waals surface area contributed by atoms with Gasteiger partial charge in [0, 0.05) is 25.0 Å². The Balaban J connectivity index is 1.90. The van der Waals surface area contributed by atoms with Gasteiger partial charge < -0.3 is 5.11 Å². The van der Waals surface area contributed by atoms with Crippen LogP contribution in [-0.4, -0.2) is 35.2 Å². The molecular formula is C13H22N2O. The van der Waals surface area contributed by atoms with Gasteiger partial charge in [-0.2, -0.15) is 5.26 Å². The van der Waals surface area contributed by atoms with E-state index < -0.39 is 0 Å². The molecule has 0 radical (unpaired) electrons. The van der Waals surface area contributed by atoms with Crippen molar-refractivity contribution in [1.82, 2.24) is 4.90 Å². The minimum atomic E-state index is -0.119. The normalized spacial score (nSPS) is 41.6. The third-order valence-corrected chi connectivity index (χ3v) is 4.24. The molecule has 1 N–H and O–H groups in total. The molecule has 1 heterocycles. The highest BCUT2D eigenvalue weighted by Gasteiger charge is 2.31. The molecule has 1 saturated heterocycles. The first kappa shape index (κ1) is 11.9. The van der Waals surface area contributed by atoms with Crippen molar-refractivity contribution < 1.29 is 5.11 Å². The number of hydrogen-bond donors (Lipinski definition) is 1. The molecule has 3 heteroatoms. The summed E-state index contributed by atoms with van der Waals surface area (Å²) < 4.78 is 0. The fourth-order valence-electron chi connectivity index (χ4n) is 3.11. The standard InChI is InChI=1S/C13H22N2O/c1-10-9-15(6-5-13(10)16)12-4-2-3-11(7-12)8-14/h10-13,16H,2-7,9H2,1H3. The zero-order chi connectivity index (χ0) is 11.5. The van der Waals surface area contributed by atoms with Crippen LogP contribution in [-0.2, 0) is 0 Å². The molecule has 1 saturated carbocycles. The summed E-state index contributed by atoms with van der Waals surface area (Å²) in [4.78, 5) is 2.50. The molecule has 0 spiro atoms. The van der Waals surface area contributed by atoms with Crippen molar-refractivity contribution >= 4 is 0 Å².